The van der Waals surface area contributed by atoms with Crippen LogP contribution in [0.1, 0.15) is 55.7 Å². The van der Waals surface area contributed by atoms with Gasteiger partial charge in [0.1, 0.15) is 6.07 Å². The monoisotopic (exact) mass is 407 g/mol. The zero-order chi connectivity index (χ0) is 19.7. The van der Waals surface area contributed by atoms with E-state index in [4.69, 9.17) is 0 Å². The Labute approximate surface area is 165 Å². The smallest absolute Gasteiger partial charge is 0.334 e. The lowest BCUT2D eigenvalue weighted by atomic mass is 9.70. The molecule has 4 aliphatic rings. The molecule has 0 aromatic carbocycles. The minimum Gasteiger partial charge on any atom is -0.334 e. The lowest BCUT2D eigenvalue weighted by Gasteiger charge is -2.40. The van der Waals surface area contributed by atoms with Crippen molar-refractivity contribution in [2.75, 3.05) is 6.54 Å². The molecule has 0 spiro atoms. The van der Waals surface area contributed by atoms with Crippen LogP contribution in [0.2, 0.25) is 0 Å². The van der Waals surface area contributed by atoms with Crippen LogP contribution in [0, 0.1) is 28.6 Å². The Bertz CT molecular complexity index is 882. The number of likely N-dealkylation sites (tertiary alicyclic amines) is 1. The van der Waals surface area contributed by atoms with Crippen LogP contribution in [0.15, 0.2) is 17.3 Å². The van der Waals surface area contributed by atoms with Crippen LogP contribution in [-0.4, -0.2) is 33.8 Å². The first-order valence-electron chi connectivity index (χ1n) is 9.75. The van der Waals surface area contributed by atoms with Gasteiger partial charge in [-0.25, -0.2) is 0 Å². The van der Waals surface area contributed by atoms with Crippen LogP contribution in [-0.2, 0) is 4.79 Å². The first kappa shape index (κ1) is 18.3. The Morgan fingerprint density at radius 2 is 2.11 bits per heavy atom. The molecule has 5 rings (SSSR count). The average Bonchev–Trinajstić information content (AvgIpc) is 3.18. The number of thioether (sulfide) groups is 1. The molecular weight excluding hydrogens is 387 g/mol. The molecule has 8 heteroatoms. The lowest BCUT2D eigenvalue weighted by Crippen LogP contribution is -2.46. The summed E-state index contributed by atoms with van der Waals surface area (Å²) in [5.41, 5.74) is 0.826. The summed E-state index contributed by atoms with van der Waals surface area (Å²) in [5, 5.41) is 9.60. The summed E-state index contributed by atoms with van der Waals surface area (Å²) in [4.78, 5) is 20.6. The van der Waals surface area contributed by atoms with Gasteiger partial charge in [0, 0.05) is 40.1 Å². The maximum absolute atomic E-state index is 13.6. The highest BCUT2D eigenvalue weighted by Gasteiger charge is 2.59. The van der Waals surface area contributed by atoms with E-state index in [0.717, 1.165) is 16.9 Å². The van der Waals surface area contributed by atoms with Crippen molar-refractivity contribution in [2.45, 2.75) is 60.9 Å². The Morgan fingerprint density at radius 1 is 1.32 bits per heavy atom. The third-order valence-corrected chi connectivity index (χ3v) is 8.60. The van der Waals surface area contributed by atoms with E-state index in [1.165, 1.54) is 0 Å². The van der Waals surface area contributed by atoms with Gasteiger partial charge in [-0.15, -0.1) is 11.8 Å². The first-order chi connectivity index (χ1) is 13.3. The third-order valence-electron chi connectivity index (χ3n) is 7.24. The van der Waals surface area contributed by atoms with Crippen molar-refractivity contribution in [1.29, 1.82) is 5.26 Å². The molecule has 1 aromatic heterocycles. The van der Waals surface area contributed by atoms with Crippen molar-refractivity contribution in [3.8, 4) is 6.07 Å². The van der Waals surface area contributed by atoms with Crippen molar-refractivity contribution >= 4 is 17.7 Å². The SMILES string of the molecule is N#Cc1cncc2c1S[C@H]1C[C@@H]2N(C(=O)C23CCC(C2)C(C(F)(F)F)CC3)C1. The molecule has 1 amide bonds. The number of pyridine rings is 1. The number of hydrogen-bond acceptors (Lipinski definition) is 4. The van der Waals surface area contributed by atoms with Crippen LogP contribution in [0.5, 0.6) is 0 Å². The van der Waals surface area contributed by atoms with Crippen molar-refractivity contribution in [3.05, 3.63) is 23.5 Å². The summed E-state index contributed by atoms with van der Waals surface area (Å²) in [6.45, 7) is 0.600. The summed E-state index contributed by atoms with van der Waals surface area (Å²) in [5.74, 6) is -1.65. The fourth-order valence-electron chi connectivity index (χ4n) is 5.92. The summed E-state index contributed by atoms with van der Waals surface area (Å²) < 4.78 is 39.9. The molecule has 3 heterocycles. The number of carbonyl (C=O) groups excluding carboxylic acids is 1. The molecule has 2 aliphatic carbocycles. The van der Waals surface area contributed by atoms with Crippen LogP contribution >= 0.6 is 11.8 Å². The Hall–Kier alpha value is -1.75. The van der Waals surface area contributed by atoms with Crippen LogP contribution in [0.4, 0.5) is 13.2 Å². The average molecular weight is 407 g/mol. The number of rotatable bonds is 1. The Kier molecular flexibility index (Phi) is 4.00. The number of aromatic nitrogens is 1. The number of nitrogens with zero attached hydrogens (tertiary/aromatic N) is 3. The van der Waals surface area contributed by atoms with Gasteiger partial charge < -0.3 is 4.90 Å². The van der Waals surface area contributed by atoms with Gasteiger partial charge in [-0.2, -0.15) is 18.4 Å². The summed E-state index contributed by atoms with van der Waals surface area (Å²) in [6, 6.07) is 2.07. The number of nitriles is 1. The number of hydrogen-bond donors (Lipinski definition) is 0. The molecule has 5 atom stereocenters. The largest absolute Gasteiger partial charge is 0.392 e. The number of amides is 1. The molecule has 148 valence electrons. The molecule has 4 nitrogen and oxygen atoms in total. The van der Waals surface area contributed by atoms with E-state index in [0.29, 0.717) is 37.8 Å². The number of halogens is 3. The standard InChI is InChI=1S/C20H20F3N3OS/c21-20(22,23)15-2-4-19(3-1-11(15)6-19)18(27)26-10-13-5-16(26)14-9-25-8-12(7-24)17(14)28-13/h8-9,11,13,15-16H,1-6,10H2/t11?,13-,15?,16-,19?/m0/s1. The molecule has 1 aromatic rings. The first-order valence-corrected chi connectivity index (χ1v) is 10.6. The quantitative estimate of drug-likeness (QED) is 0.690. The van der Waals surface area contributed by atoms with Gasteiger partial charge in [-0.3, -0.25) is 9.78 Å². The van der Waals surface area contributed by atoms with E-state index in [-0.39, 0.29) is 23.6 Å². The van der Waals surface area contributed by atoms with Crippen LogP contribution in [0.25, 0.3) is 0 Å². The highest BCUT2D eigenvalue weighted by atomic mass is 32.2. The predicted molar refractivity (Wildman–Crippen MR) is 96.2 cm³/mol. The van der Waals surface area contributed by atoms with Crippen LogP contribution < -0.4 is 0 Å². The van der Waals surface area contributed by atoms with Crippen molar-refractivity contribution in [2.24, 2.45) is 17.3 Å². The molecule has 0 radical (unpaired) electrons. The summed E-state index contributed by atoms with van der Waals surface area (Å²) in [7, 11) is 0. The summed E-state index contributed by atoms with van der Waals surface area (Å²) in [6.07, 6.45) is 1.77. The highest BCUT2D eigenvalue weighted by Crippen LogP contribution is 2.59. The number of alkyl halides is 3. The van der Waals surface area contributed by atoms with E-state index in [1.54, 1.807) is 24.2 Å². The van der Waals surface area contributed by atoms with Gasteiger partial charge >= 0.3 is 6.18 Å². The van der Waals surface area contributed by atoms with E-state index < -0.39 is 23.4 Å². The second kappa shape index (κ2) is 6.12. The van der Waals surface area contributed by atoms with Crippen molar-refractivity contribution in [1.82, 2.24) is 9.88 Å². The molecular formula is C20H20F3N3OS. The number of carbonyl (C=O) groups is 1. The minimum atomic E-state index is -4.16. The van der Waals surface area contributed by atoms with Gasteiger partial charge in [0.15, 0.2) is 0 Å². The molecule has 0 N–H and O–H groups in total. The molecule has 3 fully saturated rings. The summed E-state index contributed by atoms with van der Waals surface area (Å²) >= 11 is 1.63. The van der Waals surface area contributed by atoms with E-state index in [2.05, 4.69) is 11.1 Å². The van der Waals surface area contributed by atoms with Gasteiger partial charge in [0.2, 0.25) is 5.91 Å². The molecule has 1 saturated heterocycles. The highest BCUT2D eigenvalue weighted by molar-refractivity contribution is 8.00. The van der Waals surface area contributed by atoms with E-state index in [1.807, 2.05) is 4.90 Å². The van der Waals surface area contributed by atoms with Gasteiger partial charge in [-0.1, -0.05) is 0 Å². The van der Waals surface area contributed by atoms with Crippen molar-refractivity contribution < 1.29 is 18.0 Å². The lowest BCUT2D eigenvalue weighted by molar-refractivity contribution is -0.198. The Morgan fingerprint density at radius 3 is 2.86 bits per heavy atom. The van der Waals surface area contributed by atoms with E-state index in [9.17, 15) is 23.2 Å². The normalized spacial score (nSPS) is 36.1. The maximum Gasteiger partial charge on any atom is 0.392 e. The molecule has 3 unspecified atom stereocenters. The maximum atomic E-state index is 13.6. The van der Waals surface area contributed by atoms with Gasteiger partial charge in [-0.05, 0) is 44.4 Å². The molecule has 4 bridgehead atoms. The van der Waals surface area contributed by atoms with Gasteiger partial charge in [0.25, 0.3) is 0 Å². The predicted octanol–water partition coefficient (Wildman–Crippen LogP) is 4.46. The van der Waals surface area contributed by atoms with Crippen LogP contribution in [0.3, 0.4) is 0 Å². The van der Waals surface area contributed by atoms with Crippen molar-refractivity contribution in [3.63, 3.8) is 0 Å². The zero-order valence-corrected chi connectivity index (χ0v) is 16.0. The number of fused-ring (bicyclic) bond motifs is 6. The minimum absolute atomic E-state index is 0.0268. The Balaban J connectivity index is 1.42. The van der Waals surface area contributed by atoms with Gasteiger partial charge in [0.05, 0.1) is 17.5 Å². The topological polar surface area (TPSA) is 57.0 Å². The molecule has 2 aliphatic heterocycles. The second-order valence-electron chi connectivity index (χ2n) is 8.64. The van der Waals surface area contributed by atoms with E-state index >= 15 is 0 Å². The second-order valence-corrected chi connectivity index (χ2v) is 9.95. The molecule has 28 heavy (non-hydrogen) atoms. The fourth-order valence-corrected chi connectivity index (χ4v) is 7.32. The third kappa shape index (κ3) is 2.58. The molecule has 2 saturated carbocycles. The fraction of sp³-hybridized carbons (Fsp3) is 0.650. The zero-order valence-electron chi connectivity index (χ0n) is 15.2.